The van der Waals surface area contributed by atoms with Gasteiger partial charge in [-0.3, -0.25) is 0 Å². The third kappa shape index (κ3) is 4.84. The number of methoxy groups -OCH3 is 1. The molecule has 0 heterocycles. The SMILES string of the molecule is COC1CCC(N(C)S(=O)(=O)c2ccc(OCC(=O)O)c(Cl)c2)CC1. The van der Waals surface area contributed by atoms with Gasteiger partial charge in [0.25, 0.3) is 0 Å². The maximum Gasteiger partial charge on any atom is 0.341 e. The predicted octanol–water partition coefficient (Wildman–Crippen LogP) is 2.38. The lowest BCUT2D eigenvalue weighted by Crippen LogP contribution is -2.40. The van der Waals surface area contributed by atoms with Gasteiger partial charge >= 0.3 is 5.97 Å². The van der Waals surface area contributed by atoms with Crippen molar-refractivity contribution in [2.75, 3.05) is 20.8 Å². The highest BCUT2D eigenvalue weighted by Crippen LogP contribution is 2.31. The summed E-state index contributed by atoms with van der Waals surface area (Å²) in [4.78, 5) is 10.6. The number of ether oxygens (including phenoxy) is 2. The van der Waals surface area contributed by atoms with Gasteiger partial charge in [-0.25, -0.2) is 13.2 Å². The maximum atomic E-state index is 12.8. The number of benzene rings is 1. The molecule has 1 aliphatic rings. The van der Waals surface area contributed by atoms with Crippen molar-refractivity contribution in [1.82, 2.24) is 4.31 Å². The van der Waals surface area contributed by atoms with Crippen LogP contribution < -0.4 is 4.74 Å². The van der Waals surface area contributed by atoms with Crippen molar-refractivity contribution in [1.29, 1.82) is 0 Å². The van der Waals surface area contributed by atoms with Crippen LogP contribution in [0.25, 0.3) is 0 Å². The maximum absolute atomic E-state index is 12.8. The van der Waals surface area contributed by atoms with Crippen LogP contribution in [-0.2, 0) is 19.6 Å². The number of carboxylic acids is 1. The molecule has 1 aromatic carbocycles. The first kappa shape index (κ1) is 20.0. The van der Waals surface area contributed by atoms with Gasteiger partial charge in [-0.05, 0) is 43.9 Å². The molecule has 2 rings (SSSR count). The monoisotopic (exact) mass is 391 g/mol. The van der Waals surface area contributed by atoms with Gasteiger partial charge in [0.05, 0.1) is 16.0 Å². The minimum atomic E-state index is -3.70. The van der Waals surface area contributed by atoms with E-state index in [9.17, 15) is 13.2 Å². The number of rotatable bonds is 7. The van der Waals surface area contributed by atoms with Gasteiger partial charge in [0, 0.05) is 20.2 Å². The molecular weight excluding hydrogens is 370 g/mol. The highest BCUT2D eigenvalue weighted by Gasteiger charge is 2.31. The Bertz CT molecular complexity index is 715. The van der Waals surface area contributed by atoms with Crippen LogP contribution in [0, 0.1) is 0 Å². The predicted molar refractivity (Wildman–Crippen MR) is 92.6 cm³/mol. The first-order valence-corrected chi connectivity index (χ1v) is 9.72. The fourth-order valence-corrected chi connectivity index (χ4v) is 4.65. The molecule has 1 aliphatic carbocycles. The summed E-state index contributed by atoms with van der Waals surface area (Å²) in [7, 11) is -0.464. The minimum Gasteiger partial charge on any atom is -0.480 e. The van der Waals surface area contributed by atoms with E-state index in [-0.39, 0.29) is 27.8 Å². The molecule has 0 aliphatic heterocycles. The van der Waals surface area contributed by atoms with E-state index in [1.54, 1.807) is 14.2 Å². The molecule has 1 aromatic rings. The molecule has 25 heavy (non-hydrogen) atoms. The molecule has 0 amide bonds. The fourth-order valence-electron chi connectivity index (χ4n) is 2.91. The summed E-state index contributed by atoms with van der Waals surface area (Å²) in [6.45, 7) is -0.547. The fraction of sp³-hybridized carbons (Fsp3) is 0.562. The standard InChI is InChI=1S/C16H22ClNO6S/c1-18(11-3-5-12(23-2)6-4-11)25(21,22)13-7-8-15(14(17)9-13)24-10-16(19)20/h7-9,11-12H,3-6,10H2,1-2H3,(H,19,20). The van der Waals surface area contributed by atoms with Gasteiger partial charge in [-0.1, -0.05) is 11.6 Å². The molecule has 0 bridgehead atoms. The zero-order valence-electron chi connectivity index (χ0n) is 14.1. The molecular formula is C16H22ClNO6S. The van der Waals surface area contributed by atoms with Crippen LogP contribution in [0.5, 0.6) is 5.75 Å². The summed E-state index contributed by atoms with van der Waals surface area (Å²) in [6.07, 6.45) is 3.31. The van der Waals surface area contributed by atoms with Gasteiger partial charge in [0.2, 0.25) is 10.0 Å². The second kappa shape index (κ2) is 8.35. The molecule has 9 heteroatoms. The molecule has 1 fully saturated rings. The third-order valence-corrected chi connectivity index (χ3v) is 6.62. The Morgan fingerprint density at radius 3 is 2.48 bits per heavy atom. The van der Waals surface area contributed by atoms with Gasteiger partial charge in [-0.15, -0.1) is 0 Å². The van der Waals surface area contributed by atoms with Crippen molar-refractivity contribution >= 4 is 27.6 Å². The summed E-state index contributed by atoms with van der Waals surface area (Å²) >= 11 is 6.03. The number of carbonyl (C=O) groups is 1. The zero-order valence-corrected chi connectivity index (χ0v) is 15.7. The molecule has 1 saturated carbocycles. The first-order valence-electron chi connectivity index (χ1n) is 7.90. The molecule has 0 unspecified atom stereocenters. The van der Waals surface area contributed by atoms with E-state index >= 15 is 0 Å². The molecule has 0 atom stereocenters. The summed E-state index contributed by atoms with van der Waals surface area (Å²) in [5.41, 5.74) is 0. The van der Waals surface area contributed by atoms with E-state index in [0.717, 1.165) is 25.7 Å². The highest BCUT2D eigenvalue weighted by atomic mass is 35.5. The smallest absolute Gasteiger partial charge is 0.341 e. The van der Waals surface area contributed by atoms with Crippen LogP contribution in [-0.4, -0.2) is 56.7 Å². The van der Waals surface area contributed by atoms with Crippen LogP contribution in [0.3, 0.4) is 0 Å². The summed E-state index contributed by atoms with van der Waals surface area (Å²) in [5.74, 6) is -1.01. The highest BCUT2D eigenvalue weighted by molar-refractivity contribution is 7.89. The quantitative estimate of drug-likeness (QED) is 0.767. The molecule has 7 nitrogen and oxygen atoms in total. The summed E-state index contributed by atoms with van der Waals surface area (Å²) in [5, 5.41) is 8.68. The number of aliphatic carboxylic acids is 1. The van der Waals surface area contributed by atoms with Gasteiger partial charge in [0.1, 0.15) is 5.75 Å². The lowest BCUT2D eigenvalue weighted by molar-refractivity contribution is -0.139. The van der Waals surface area contributed by atoms with Crippen molar-refractivity contribution < 1.29 is 27.8 Å². The first-order chi connectivity index (χ1) is 11.8. The number of sulfonamides is 1. The van der Waals surface area contributed by atoms with Crippen LogP contribution in [0.15, 0.2) is 23.1 Å². The average Bonchev–Trinajstić information content (AvgIpc) is 2.59. The molecule has 0 radical (unpaired) electrons. The van der Waals surface area contributed by atoms with Crippen LogP contribution >= 0.6 is 11.6 Å². The third-order valence-electron chi connectivity index (χ3n) is 4.42. The molecule has 0 saturated heterocycles. The Labute approximate surface area is 152 Å². The van der Waals surface area contributed by atoms with Crippen LogP contribution in [0.1, 0.15) is 25.7 Å². The summed E-state index contributed by atoms with van der Waals surface area (Å²) < 4.78 is 37.3. The lowest BCUT2D eigenvalue weighted by Gasteiger charge is -2.33. The van der Waals surface area contributed by atoms with E-state index in [4.69, 9.17) is 26.2 Å². The van der Waals surface area contributed by atoms with E-state index in [1.165, 1.54) is 22.5 Å². The van der Waals surface area contributed by atoms with E-state index in [0.29, 0.717) is 0 Å². The van der Waals surface area contributed by atoms with E-state index < -0.39 is 22.6 Å². The molecule has 140 valence electrons. The van der Waals surface area contributed by atoms with Crippen molar-refractivity contribution in [2.24, 2.45) is 0 Å². The lowest BCUT2D eigenvalue weighted by atomic mass is 9.93. The Kier molecular flexibility index (Phi) is 6.67. The molecule has 0 spiro atoms. The largest absolute Gasteiger partial charge is 0.480 e. The van der Waals surface area contributed by atoms with Gasteiger partial charge in [-0.2, -0.15) is 4.31 Å². The normalized spacial score (nSPS) is 21.3. The number of hydrogen-bond donors (Lipinski definition) is 1. The molecule has 1 N–H and O–H groups in total. The number of hydrogen-bond acceptors (Lipinski definition) is 5. The van der Waals surface area contributed by atoms with Crippen LogP contribution in [0.2, 0.25) is 5.02 Å². The van der Waals surface area contributed by atoms with Crippen molar-refractivity contribution in [3.05, 3.63) is 23.2 Å². The number of halogens is 1. The topological polar surface area (TPSA) is 93.1 Å². The minimum absolute atomic E-state index is 0.0524. The van der Waals surface area contributed by atoms with Crippen molar-refractivity contribution in [3.63, 3.8) is 0 Å². The molecule has 0 aromatic heterocycles. The number of carboxylic acid groups (broad SMARTS) is 1. The van der Waals surface area contributed by atoms with Crippen LogP contribution in [0.4, 0.5) is 0 Å². The Hall–Kier alpha value is -1.35. The van der Waals surface area contributed by atoms with Crippen molar-refractivity contribution in [3.8, 4) is 5.75 Å². The summed E-state index contributed by atoms with van der Waals surface area (Å²) in [6, 6.07) is 3.94. The Balaban J connectivity index is 2.13. The Morgan fingerprint density at radius 2 is 1.96 bits per heavy atom. The average molecular weight is 392 g/mol. The second-order valence-corrected chi connectivity index (χ2v) is 8.37. The van der Waals surface area contributed by atoms with E-state index in [1.807, 2.05) is 0 Å². The second-order valence-electron chi connectivity index (χ2n) is 5.96. The van der Waals surface area contributed by atoms with Gasteiger partial charge in [0.15, 0.2) is 6.61 Å². The van der Waals surface area contributed by atoms with Crippen molar-refractivity contribution in [2.45, 2.75) is 42.7 Å². The zero-order chi connectivity index (χ0) is 18.6. The van der Waals surface area contributed by atoms with E-state index in [2.05, 4.69) is 0 Å². The van der Waals surface area contributed by atoms with Gasteiger partial charge < -0.3 is 14.6 Å². The number of nitrogens with zero attached hydrogens (tertiary/aromatic N) is 1. The Morgan fingerprint density at radius 1 is 1.32 bits per heavy atom.